The van der Waals surface area contributed by atoms with Crippen molar-refractivity contribution in [1.29, 1.82) is 0 Å². The van der Waals surface area contributed by atoms with Gasteiger partial charge in [-0.15, -0.1) is 11.3 Å². The van der Waals surface area contributed by atoms with Crippen molar-refractivity contribution in [2.75, 3.05) is 0 Å². The Kier molecular flexibility index (Phi) is 2.70. The Hall–Kier alpha value is -0.670. The lowest BCUT2D eigenvalue weighted by Gasteiger charge is -2.00. The van der Waals surface area contributed by atoms with Gasteiger partial charge in [-0.2, -0.15) is 0 Å². The first-order valence-corrected chi connectivity index (χ1v) is 6.04. The summed E-state index contributed by atoms with van der Waals surface area (Å²) >= 11 is 5.15. The molecule has 0 saturated carbocycles. The van der Waals surface area contributed by atoms with Crippen LogP contribution in [0.2, 0.25) is 0 Å². The van der Waals surface area contributed by atoms with Crippen LogP contribution in [0.4, 0.5) is 0 Å². The lowest BCUT2D eigenvalue weighted by atomic mass is 10.2. The largest absolute Gasteiger partial charge is 0.289 e. The molecule has 0 unspecified atom stereocenters. The van der Waals surface area contributed by atoms with E-state index in [-0.39, 0.29) is 5.43 Å². The standard InChI is InChI=1S/C11H9BrOS/c1-2-7-6-10(13)8-4-3-5-9(12)11(8)14-7/h3-6H,2H2,1H3. The van der Waals surface area contributed by atoms with Crippen LogP contribution in [0, 0.1) is 0 Å². The van der Waals surface area contributed by atoms with Crippen molar-refractivity contribution >= 4 is 37.4 Å². The van der Waals surface area contributed by atoms with Crippen LogP contribution in [0.25, 0.3) is 10.1 Å². The van der Waals surface area contributed by atoms with Gasteiger partial charge in [0.05, 0.1) is 4.70 Å². The van der Waals surface area contributed by atoms with Crippen molar-refractivity contribution in [2.24, 2.45) is 0 Å². The maximum atomic E-state index is 11.7. The zero-order valence-corrected chi connectivity index (χ0v) is 10.1. The van der Waals surface area contributed by atoms with Crippen LogP contribution in [0.5, 0.6) is 0 Å². The predicted octanol–water partition coefficient (Wildman–Crippen LogP) is 3.59. The normalized spacial score (nSPS) is 10.7. The number of hydrogen-bond donors (Lipinski definition) is 0. The molecule has 0 saturated heterocycles. The third kappa shape index (κ3) is 1.62. The number of aryl methyl sites for hydroxylation is 1. The summed E-state index contributed by atoms with van der Waals surface area (Å²) in [6, 6.07) is 7.47. The average molecular weight is 269 g/mol. The molecule has 0 spiro atoms. The molecular formula is C11H9BrOS. The van der Waals surface area contributed by atoms with Gasteiger partial charge >= 0.3 is 0 Å². The summed E-state index contributed by atoms with van der Waals surface area (Å²) in [5.74, 6) is 0. The molecule has 1 aromatic heterocycles. The maximum absolute atomic E-state index is 11.7. The molecule has 1 heterocycles. The summed E-state index contributed by atoms with van der Waals surface area (Å²) in [5.41, 5.74) is 0.122. The van der Waals surface area contributed by atoms with E-state index in [9.17, 15) is 4.79 Å². The van der Waals surface area contributed by atoms with Gasteiger partial charge in [-0.1, -0.05) is 13.0 Å². The first kappa shape index (κ1) is 9.87. The molecule has 14 heavy (non-hydrogen) atoms. The summed E-state index contributed by atoms with van der Waals surface area (Å²) in [6.45, 7) is 2.06. The second-order valence-corrected chi connectivity index (χ2v) is 5.04. The van der Waals surface area contributed by atoms with Crippen LogP contribution in [-0.4, -0.2) is 0 Å². The van der Waals surface area contributed by atoms with Crippen LogP contribution >= 0.6 is 27.3 Å². The quantitative estimate of drug-likeness (QED) is 0.773. The molecule has 72 valence electrons. The van der Waals surface area contributed by atoms with Crippen LogP contribution in [0.1, 0.15) is 11.8 Å². The molecule has 0 N–H and O–H groups in total. The zero-order chi connectivity index (χ0) is 10.1. The molecule has 0 atom stereocenters. The van der Waals surface area contributed by atoms with E-state index in [4.69, 9.17) is 0 Å². The molecule has 0 radical (unpaired) electrons. The fourth-order valence-electron chi connectivity index (χ4n) is 1.37. The molecule has 0 aliphatic carbocycles. The number of hydrogen-bond acceptors (Lipinski definition) is 2. The third-order valence-electron chi connectivity index (χ3n) is 2.11. The number of benzene rings is 1. The van der Waals surface area contributed by atoms with E-state index in [1.807, 2.05) is 18.2 Å². The Morgan fingerprint density at radius 2 is 2.21 bits per heavy atom. The van der Waals surface area contributed by atoms with Crippen molar-refractivity contribution in [3.05, 3.63) is 43.8 Å². The minimum Gasteiger partial charge on any atom is -0.289 e. The van der Waals surface area contributed by atoms with Gasteiger partial charge in [0.25, 0.3) is 0 Å². The molecule has 0 amide bonds. The molecule has 0 bridgehead atoms. The molecular weight excluding hydrogens is 260 g/mol. The smallest absolute Gasteiger partial charge is 0.188 e. The molecule has 3 heteroatoms. The topological polar surface area (TPSA) is 17.1 Å². The van der Waals surface area contributed by atoms with Gasteiger partial charge in [-0.25, -0.2) is 0 Å². The molecule has 0 aliphatic rings. The third-order valence-corrected chi connectivity index (χ3v) is 4.34. The van der Waals surface area contributed by atoms with Crippen molar-refractivity contribution < 1.29 is 0 Å². The Balaban J connectivity index is 2.91. The number of halogens is 1. The Labute approximate surface area is 94.5 Å². The van der Waals surface area contributed by atoms with Gasteiger partial charge in [0.15, 0.2) is 5.43 Å². The van der Waals surface area contributed by atoms with E-state index in [0.29, 0.717) is 0 Å². The van der Waals surface area contributed by atoms with Gasteiger partial charge in [-0.3, -0.25) is 4.79 Å². The van der Waals surface area contributed by atoms with Gasteiger partial charge < -0.3 is 0 Å². The Bertz CT molecular complexity index is 530. The van der Waals surface area contributed by atoms with E-state index < -0.39 is 0 Å². The Morgan fingerprint density at radius 1 is 1.43 bits per heavy atom. The Morgan fingerprint density at radius 3 is 2.93 bits per heavy atom. The lowest BCUT2D eigenvalue weighted by molar-refractivity contribution is 1.18. The molecule has 0 aliphatic heterocycles. The van der Waals surface area contributed by atoms with Gasteiger partial charge in [0.2, 0.25) is 0 Å². The maximum Gasteiger partial charge on any atom is 0.188 e. The summed E-state index contributed by atoms with van der Waals surface area (Å²) in [6.07, 6.45) is 0.914. The van der Waals surface area contributed by atoms with Crippen molar-refractivity contribution in [2.45, 2.75) is 13.3 Å². The van der Waals surface area contributed by atoms with Crippen LogP contribution in [-0.2, 0) is 6.42 Å². The minimum absolute atomic E-state index is 0.122. The van der Waals surface area contributed by atoms with Crippen molar-refractivity contribution in [3.8, 4) is 0 Å². The molecule has 1 nitrogen and oxygen atoms in total. The predicted molar refractivity (Wildman–Crippen MR) is 65.2 cm³/mol. The van der Waals surface area contributed by atoms with Crippen LogP contribution in [0.3, 0.4) is 0 Å². The van der Waals surface area contributed by atoms with Gasteiger partial charge in [0.1, 0.15) is 0 Å². The van der Waals surface area contributed by atoms with E-state index >= 15 is 0 Å². The molecule has 1 aromatic carbocycles. The highest BCUT2D eigenvalue weighted by molar-refractivity contribution is 9.10. The molecule has 2 rings (SSSR count). The summed E-state index contributed by atoms with van der Waals surface area (Å²) in [7, 11) is 0. The van der Waals surface area contributed by atoms with E-state index in [1.165, 1.54) is 0 Å². The first-order valence-electron chi connectivity index (χ1n) is 4.43. The monoisotopic (exact) mass is 268 g/mol. The zero-order valence-electron chi connectivity index (χ0n) is 7.71. The van der Waals surface area contributed by atoms with Gasteiger partial charge in [-0.05, 0) is 40.5 Å². The second-order valence-electron chi connectivity index (χ2n) is 3.05. The SMILES string of the molecule is CCc1cc(=O)c2cccc(Br)c2s1. The summed E-state index contributed by atoms with van der Waals surface area (Å²) in [5, 5.41) is 0.807. The summed E-state index contributed by atoms with van der Waals surface area (Å²) < 4.78 is 2.06. The van der Waals surface area contributed by atoms with E-state index in [0.717, 1.165) is 25.9 Å². The lowest BCUT2D eigenvalue weighted by Crippen LogP contribution is -1.99. The van der Waals surface area contributed by atoms with E-state index in [2.05, 4.69) is 22.9 Å². The fraction of sp³-hybridized carbons (Fsp3) is 0.182. The highest BCUT2D eigenvalue weighted by Gasteiger charge is 2.04. The second kappa shape index (κ2) is 3.83. The highest BCUT2D eigenvalue weighted by Crippen LogP contribution is 2.27. The van der Waals surface area contributed by atoms with Crippen molar-refractivity contribution in [1.82, 2.24) is 0 Å². The molecule has 2 aromatic rings. The van der Waals surface area contributed by atoms with Gasteiger partial charge in [0, 0.05) is 14.7 Å². The van der Waals surface area contributed by atoms with Crippen LogP contribution in [0.15, 0.2) is 33.5 Å². The summed E-state index contributed by atoms with van der Waals surface area (Å²) in [4.78, 5) is 12.8. The average Bonchev–Trinajstić information content (AvgIpc) is 2.19. The molecule has 0 fully saturated rings. The number of fused-ring (bicyclic) bond motifs is 1. The first-order chi connectivity index (χ1) is 6.72. The van der Waals surface area contributed by atoms with Crippen LogP contribution < -0.4 is 5.43 Å². The minimum atomic E-state index is 0.122. The fourth-order valence-corrected chi connectivity index (χ4v) is 2.99. The van der Waals surface area contributed by atoms with E-state index in [1.54, 1.807) is 17.4 Å². The van der Waals surface area contributed by atoms with Crippen molar-refractivity contribution in [3.63, 3.8) is 0 Å². The highest BCUT2D eigenvalue weighted by atomic mass is 79.9. The number of rotatable bonds is 1.